The molecule has 0 saturated carbocycles. The van der Waals surface area contributed by atoms with Gasteiger partial charge >= 0.3 is 0 Å². The molecule has 0 bridgehead atoms. The molecule has 2 fully saturated rings. The molecular weight excluding hydrogens is 520 g/mol. The Morgan fingerprint density at radius 2 is 1.61 bits per heavy atom. The lowest BCUT2D eigenvalue weighted by atomic mass is 10.2. The molecular formula is C25H29ClN4O4S2. The number of fused-ring (bicyclic) bond motifs is 1. The molecule has 0 N–H and O–H groups in total. The van der Waals surface area contributed by atoms with E-state index in [4.69, 9.17) is 21.3 Å². The SMILES string of the molecule is COc1c(Cl)ccc2sc(N3CCN(C(=O)c4ccc(S(=O)(=O)N5CCCCCC5)cc4)CC3)nc12. The number of aromatic nitrogens is 1. The molecule has 0 spiro atoms. The van der Waals surface area contributed by atoms with Crippen molar-refractivity contribution in [2.45, 2.75) is 30.6 Å². The molecule has 3 heterocycles. The summed E-state index contributed by atoms with van der Waals surface area (Å²) in [4.78, 5) is 22.1. The van der Waals surface area contributed by atoms with Crippen LogP contribution in [0, 0.1) is 0 Å². The van der Waals surface area contributed by atoms with Crippen LogP contribution in [0.4, 0.5) is 5.13 Å². The van der Waals surface area contributed by atoms with E-state index in [0.717, 1.165) is 41.0 Å². The molecule has 11 heteroatoms. The number of carbonyl (C=O) groups is 1. The Bertz CT molecular complexity index is 1340. The monoisotopic (exact) mass is 548 g/mol. The van der Waals surface area contributed by atoms with Gasteiger partial charge in [-0.1, -0.05) is 35.8 Å². The molecule has 2 aromatic carbocycles. The summed E-state index contributed by atoms with van der Waals surface area (Å²) in [6.45, 7) is 3.54. The average molecular weight is 549 g/mol. The number of halogens is 1. The highest BCUT2D eigenvalue weighted by Crippen LogP contribution is 2.38. The number of ether oxygens (including phenoxy) is 1. The Labute approximate surface area is 220 Å². The zero-order chi connectivity index (χ0) is 25.3. The number of hydrogen-bond acceptors (Lipinski definition) is 7. The fraction of sp³-hybridized carbons (Fsp3) is 0.440. The Kier molecular flexibility index (Phi) is 7.39. The van der Waals surface area contributed by atoms with E-state index in [0.29, 0.717) is 55.6 Å². The molecule has 0 atom stereocenters. The molecule has 3 aromatic rings. The molecule has 36 heavy (non-hydrogen) atoms. The number of anilines is 1. The van der Waals surface area contributed by atoms with E-state index in [1.807, 2.05) is 12.1 Å². The Morgan fingerprint density at radius 3 is 2.25 bits per heavy atom. The molecule has 192 valence electrons. The Hall–Kier alpha value is -2.40. The summed E-state index contributed by atoms with van der Waals surface area (Å²) in [6, 6.07) is 10.1. The van der Waals surface area contributed by atoms with Gasteiger partial charge < -0.3 is 14.5 Å². The van der Waals surface area contributed by atoms with Crippen LogP contribution in [0.1, 0.15) is 36.0 Å². The first-order valence-electron chi connectivity index (χ1n) is 12.2. The molecule has 1 aromatic heterocycles. The van der Waals surface area contributed by atoms with E-state index in [2.05, 4.69) is 4.90 Å². The van der Waals surface area contributed by atoms with E-state index in [1.165, 1.54) is 0 Å². The maximum atomic E-state index is 13.1. The first kappa shape index (κ1) is 25.3. The van der Waals surface area contributed by atoms with Gasteiger partial charge in [0, 0.05) is 44.8 Å². The van der Waals surface area contributed by atoms with Crippen LogP contribution in [0.3, 0.4) is 0 Å². The van der Waals surface area contributed by atoms with Gasteiger partial charge in [0.15, 0.2) is 10.9 Å². The van der Waals surface area contributed by atoms with E-state index < -0.39 is 10.0 Å². The second-order valence-corrected chi connectivity index (χ2v) is 12.4. The van der Waals surface area contributed by atoms with Crippen molar-refractivity contribution >= 4 is 54.2 Å². The summed E-state index contributed by atoms with van der Waals surface area (Å²) < 4.78 is 34.0. The summed E-state index contributed by atoms with van der Waals surface area (Å²) in [5, 5.41) is 1.41. The number of amides is 1. The number of rotatable bonds is 5. The van der Waals surface area contributed by atoms with Crippen molar-refractivity contribution in [3.63, 3.8) is 0 Å². The van der Waals surface area contributed by atoms with Crippen LogP contribution in [0.25, 0.3) is 10.2 Å². The maximum Gasteiger partial charge on any atom is 0.253 e. The second-order valence-electron chi connectivity index (χ2n) is 9.05. The smallest absolute Gasteiger partial charge is 0.253 e. The first-order valence-corrected chi connectivity index (χ1v) is 14.8. The number of sulfonamides is 1. The zero-order valence-corrected chi connectivity index (χ0v) is 22.5. The van der Waals surface area contributed by atoms with Gasteiger partial charge in [-0.2, -0.15) is 4.31 Å². The molecule has 2 aliphatic rings. The molecule has 2 saturated heterocycles. The third-order valence-corrected chi connectivity index (χ3v) is 10.1. The highest BCUT2D eigenvalue weighted by Gasteiger charge is 2.27. The number of thiazole rings is 1. The van der Waals surface area contributed by atoms with Crippen molar-refractivity contribution in [2.75, 3.05) is 51.3 Å². The van der Waals surface area contributed by atoms with Crippen LogP contribution >= 0.6 is 22.9 Å². The second kappa shape index (κ2) is 10.5. The normalized spacial score (nSPS) is 17.8. The Morgan fingerprint density at radius 1 is 0.944 bits per heavy atom. The number of nitrogens with zero attached hydrogens (tertiary/aromatic N) is 4. The van der Waals surface area contributed by atoms with Crippen LogP contribution in [0.2, 0.25) is 5.02 Å². The van der Waals surface area contributed by atoms with Gasteiger partial charge in [-0.3, -0.25) is 4.79 Å². The quantitative estimate of drug-likeness (QED) is 0.467. The van der Waals surface area contributed by atoms with Crippen molar-refractivity contribution in [1.82, 2.24) is 14.2 Å². The maximum absolute atomic E-state index is 13.1. The minimum atomic E-state index is -3.53. The molecule has 0 radical (unpaired) electrons. The third kappa shape index (κ3) is 4.91. The minimum Gasteiger partial charge on any atom is -0.493 e. The number of hydrogen-bond donors (Lipinski definition) is 0. The topological polar surface area (TPSA) is 83.0 Å². The molecule has 8 nitrogen and oxygen atoms in total. The molecule has 0 aliphatic carbocycles. The number of methoxy groups -OCH3 is 1. The van der Waals surface area contributed by atoms with Gasteiger partial charge in [0.1, 0.15) is 5.52 Å². The zero-order valence-electron chi connectivity index (χ0n) is 20.2. The van der Waals surface area contributed by atoms with Gasteiger partial charge in [-0.15, -0.1) is 0 Å². The summed E-state index contributed by atoms with van der Waals surface area (Å²) >= 11 is 7.81. The lowest BCUT2D eigenvalue weighted by Crippen LogP contribution is -2.48. The lowest BCUT2D eigenvalue weighted by Gasteiger charge is -2.34. The highest BCUT2D eigenvalue weighted by molar-refractivity contribution is 7.89. The standard InChI is InChI=1S/C25H29ClN4O4S2/c1-34-23-20(26)10-11-21-22(23)27-25(35-21)29-16-14-28(15-17-29)24(31)18-6-8-19(9-7-18)36(32,33)30-12-4-2-3-5-13-30/h6-11H,2-5,12-17H2,1H3. The number of carbonyl (C=O) groups excluding carboxylic acids is 1. The summed E-state index contributed by atoms with van der Waals surface area (Å²) in [5.74, 6) is 0.484. The van der Waals surface area contributed by atoms with Crippen LogP contribution in [-0.2, 0) is 10.0 Å². The van der Waals surface area contributed by atoms with Crippen molar-refractivity contribution in [3.05, 3.63) is 47.0 Å². The summed E-state index contributed by atoms with van der Waals surface area (Å²) in [7, 11) is -1.95. The largest absolute Gasteiger partial charge is 0.493 e. The predicted molar refractivity (Wildman–Crippen MR) is 143 cm³/mol. The van der Waals surface area contributed by atoms with Crippen LogP contribution in [0.5, 0.6) is 5.75 Å². The van der Waals surface area contributed by atoms with Crippen molar-refractivity contribution < 1.29 is 17.9 Å². The first-order chi connectivity index (χ1) is 17.4. The number of piperazine rings is 1. The van der Waals surface area contributed by atoms with Gasteiger partial charge in [-0.25, -0.2) is 13.4 Å². The summed E-state index contributed by atoms with van der Waals surface area (Å²) in [6.07, 6.45) is 3.91. The van der Waals surface area contributed by atoms with Gasteiger partial charge in [0.25, 0.3) is 5.91 Å². The molecule has 1 amide bonds. The van der Waals surface area contributed by atoms with E-state index >= 15 is 0 Å². The van der Waals surface area contributed by atoms with Crippen molar-refractivity contribution in [3.8, 4) is 5.75 Å². The van der Waals surface area contributed by atoms with Crippen molar-refractivity contribution in [2.24, 2.45) is 0 Å². The number of benzene rings is 2. The van der Waals surface area contributed by atoms with Gasteiger partial charge in [-0.05, 0) is 49.2 Å². The third-order valence-electron chi connectivity index (χ3n) is 6.80. The predicted octanol–water partition coefficient (Wildman–Crippen LogP) is 4.49. The van der Waals surface area contributed by atoms with Crippen LogP contribution < -0.4 is 9.64 Å². The van der Waals surface area contributed by atoms with Crippen LogP contribution in [-0.4, -0.2) is 74.9 Å². The van der Waals surface area contributed by atoms with Gasteiger partial charge in [0.05, 0.1) is 21.7 Å². The van der Waals surface area contributed by atoms with Crippen LogP contribution in [0.15, 0.2) is 41.3 Å². The van der Waals surface area contributed by atoms with Crippen molar-refractivity contribution in [1.29, 1.82) is 0 Å². The van der Waals surface area contributed by atoms with E-state index in [-0.39, 0.29) is 10.8 Å². The molecule has 5 rings (SSSR count). The fourth-order valence-electron chi connectivity index (χ4n) is 4.75. The minimum absolute atomic E-state index is 0.0916. The summed E-state index contributed by atoms with van der Waals surface area (Å²) in [5.41, 5.74) is 1.25. The Balaban J connectivity index is 1.24. The van der Waals surface area contributed by atoms with E-state index in [9.17, 15) is 13.2 Å². The highest BCUT2D eigenvalue weighted by atomic mass is 35.5. The lowest BCUT2D eigenvalue weighted by molar-refractivity contribution is 0.0746. The molecule has 0 unspecified atom stereocenters. The van der Waals surface area contributed by atoms with E-state index in [1.54, 1.807) is 51.9 Å². The fourth-order valence-corrected chi connectivity index (χ4v) is 7.51. The average Bonchev–Trinajstić information content (AvgIpc) is 3.13. The molecule has 2 aliphatic heterocycles. The van der Waals surface area contributed by atoms with Gasteiger partial charge in [0.2, 0.25) is 10.0 Å².